The number of rotatable bonds is 6. The third-order valence-electron chi connectivity index (χ3n) is 6.68. The van der Waals surface area contributed by atoms with Gasteiger partial charge >= 0.3 is 11.1 Å². The number of amides is 1. The molecule has 6 nitrogen and oxygen atoms in total. The summed E-state index contributed by atoms with van der Waals surface area (Å²) in [4.78, 5) is 38.6. The van der Waals surface area contributed by atoms with E-state index in [1.165, 1.54) is 20.3 Å². The molecule has 1 aliphatic rings. The first-order valence-corrected chi connectivity index (χ1v) is 11.9. The molecule has 0 fully saturated rings. The normalized spacial score (nSPS) is 14.9. The molecule has 3 aromatic carbocycles. The SMILES string of the molecule is C=CCn1c(=O)c(=O)n(Cc2ccc(C(=O)N[C@H]3CCCc4ccccc43)cc2)c2ccccc21. The third-order valence-corrected chi connectivity index (χ3v) is 6.68. The number of aryl methyl sites for hydroxylation is 1. The van der Waals surface area contributed by atoms with E-state index in [4.69, 9.17) is 0 Å². The average molecular weight is 466 g/mol. The van der Waals surface area contributed by atoms with Gasteiger partial charge in [0.2, 0.25) is 0 Å². The molecule has 35 heavy (non-hydrogen) atoms. The van der Waals surface area contributed by atoms with Gasteiger partial charge in [0.05, 0.1) is 23.6 Å². The van der Waals surface area contributed by atoms with Crippen LogP contribution in [0.4, 0.5) is 0 Å². The maximum atomic E-state index is 12.9. The Hall–Kier alpha value is -4.19. The van der Waals surface area contributed by atoms with Crippen molar-refractivity contribution in [1.82, 2.24) is 14.5 Å². The van der Waals surface area contributed by atoms with Gasteiger partial charge in [-0.3, -0.25) is 23.5 Å². The van der Waals surface area contributed by atoms with Crippen LogP contribution in [-0.4, -0.2) is 15.0 Å². The number of hydrogen-bond acceptors (Lipinski definition) is 3. The van der Waals surface area contributed by atoms with Gasteiger partial charge in [0.25, 0.3) is 5.91 Å². The van der Waals surface area contributed by atoms with Gasteiger partial charge in [-0.2, -0.15) is 0 Å². The van der Waals surface area contributed by atoms with E-state index in [-0.39, 0.29) is 25.0 Å². The zero-order valence-corrected chi connectivity index (χ0v) is 19.4. The second-order valence-corrected chi connectivity index (χ2v) is 8.90. The molecular weight excluding hydrogens is 438 g/mol. The van der Waals surface area contributed by atoms with E-state index in [1.54, 1.807) is 18.2 Å². The minimum atomic E-state index is -0.580. The number of allylic oxidation sites excluding steroid dienone is 1. The van der Waals surface area contributed by atoms with E-state index in [1.807, 2.05) is 48.5 Å². The second kappa shape index (κ2) is 9.58. The number of carbonyl (C=O) groups is 1. The molecule has 0 unspecified atom stereocenters. The van der Waals surface area contributed by atoms with Crippen molar-refractivity contribution >= 4 is 16.9 Å². The Labute approximate surface area is 203 Å². The number of benzene rings is 3. The van der Waals surface area contributed by atoms with Crippen molar-refractivity contribution < 1.29 is 4.79 Å². The molecule has 0 aliphatic heterocycles. The highest BCUT2D eigenvalue weighted by atomic mass is 16.2. The van der Waals surface area contributed by atoms with Crippen LogP contribution in [0, 0.1) is 0 Å². The first-order chi connectivity index (χ1) is 17.1. The molecule has 4 aromatic rings. The molecule has 0 saturated heterocycles. The van der Waals surface area contributed by atoms with Crippen LogP contribution in [0.25, 0.3) is 11.0 Å². The number of hydrogen-bond donors (Lipinski definition) is 1. The van der Waals surface area contributed by atoms with Gasteiger partial charge in [0.1, 0.15) is 0 Å². The molecule has 1 heterocycles. The highest BCUT2D eigenvalue weighted by molar-refractivity contribution is 5.94. The van der Waals surface area contributed by atoms with Gasteiger partial charge < -0.3 is 5.32 Å². The Morgan fingerprint density at radius 3 is 2.31 bits per heavy atom. The standard InChI is InChI=1S/C29H27N3O3/c1-2-18-31-25-12-5-6-13-26(25)32(29(35)28(31)34)19-20-14-16-22(17-15-20)27(33)30-24-11-7-9-21-8-3-4-10-23(21)24/h2-6,8,10,12-17,24H,1,7,9,11,18-19H2,(H,30,33)/t24-/m0/s1. The van der Waals surface area contributed by atoms with Crippen LogP contribution in [0.2, 0.25) is 0 Å². The molecule has 1 N–H and O–H groups in total. The van der Waals surface area contributed by atoms with Gasteiger partial charge in [-0.25, -0.2) is 0 Å². The number of nitrogens with one attached hydrogen (secondary N) is 1. The van der Waals surface area contributed by atoms with Gasteiger partial charge in [-0.1, -0.05) is 54.6 Å². The van der Waals surface area contributed by atoms with E-state index < -0.39 is 11.1 Å². The number of fused-ring (bicyclic) bond motifs is 2. The topological polar surface area (TPSA) is 73.1 Å². The van der Waals surface area contributed by atoms with Crippen LogP contribution in [-0.2, 0) is 19.5 Å². The van der Waals surface area contributed by atoms with Crippen LogP contribution in [0.5, 0.6) is 0 Å². The molecule has 176 valence electrons. The van der Waals surface area contributed by atoms with E-state index in [9.17, 15) is 14.4 Å². The van der Waals surface area contributed by atoms with Crippen molar-refractivity contribution in [1.29, 1.82) is 0 Å². The number of nitrogens with zero attached hydrogens (tertiary/aromatic N) is 2. The summed E-state index contributed by atoms with van der Waals surface area (Å²) in [7, 11) is 0. The molecule has 0 bridgehead atoms. The van der Waals surface area contributed by atoms with Crippen LogP contribution in [0.1, 0.15) is 45.9 Å². The van der Waals surface area contributed by atoms with E-state index >= 15 is 0 Å². The molecule has 1 aromatic heterocycles. The predicted octanol–water partition coefficient (Wildman–Crippen LogP) is 4.20. The lowest BCUT2D eigenvalue weighted by Crippen LogP contribution is -2.41. The van der Waals surface area contributed by atoms with E-state index in [0.29, 0.717) is 16.6 Å². The zero-order valence-electron chi connectivity index (χ0n) is 19.4. The molecule has 1 atom stereocenters. The Morgan fingerprint density at radius 1 is 0.914 bits per heavy atom. The van der Waals surface area contributed by atoms with E-state index in [0.717, 1.165) is 24.8 Å². The quantitative estimate of drug-likeness (QED) is 0.343. The zero-order chi connectivity index (χ0) is 24.4. The number of para-hydroxylation sites is 2. The summed E-state index contributed by atoms with van der Waals surface area (Å²) in [5.74, 6) is -0.118. The minimum absolute atomic E-state index is 0.0131. The largest absolute Gasteiger partial charge is 0.345 e. The molecular formula is C29H27N3O3. The highest BCUT2D eigenvalue weighted by Crippen LogP contribution is 2.29. The third kappa shape index (κ3) is 4.35. The first-order valence-electron chi connectivity index (χ1n) is 11.9. The van der Waals surface area contributed by atoms with Crippen molar-refractivity contribution in [2.75, 3.05) is 0 Å². The summed E-state index contributed by atoms with van der Waals surface area (Å²) < 4.78 is 2.93. The van der Waals surface area contributed by atoms with Crippen LogP contribution in [0.15, 0.2) is 95.0 Å². The van der Waals surface area contributed by atoms with Crippen LogP contribution < -0.4 is 16.4 Å². The Morgan fingerprint density at radius 2 is 1.57 bits per heavy atom. The smallest absolute Gasteiger partial charge is 0.317 e. The Kier molecular flexibility index (Phi) is 6.19. The van der Waals surface area contributed by atoms with Gasteiger partial charge in [0.15, 0.2) is 0 Å². The van der Waals surface area contributed by atoms with Gasteiger partial charge in [0, 0.05) is 12.1 Å². The number of aromatic nitrogens is 2. The lowest BCUT2D eigenvalue weighted by molar-refractivity contribution is 0.0932. The lowest BCUT2D eigenvalue weighted by atomic mass is 9.87. The Bertz CT molecular complexity index is 1530. The first kappa shape index (κ1) is 22.6. The molecule has 0 radical (unpaired) electrons. The summed E-state index contributed by atoms with van der Waals surface area (Å²) >= 11 is 0. The minimum Gasteiger partial charge on any atom is -0.345 e. The highest BCUT2D eigenvalue weighted by Gasteiger charge is 2.22. The molecule has 1 aliphatic carbocycles. The lowest BCUT2D eigenvalue weighted by Gasteiger charge is -2.26. The summed E-state index contributed by atoms with van der Waals surface area (Å²) in [5, 5.41) is 3.17. The fourth-order valence-corrected chi connectivity index (χ4v) is 4.93. The van der Waals surface area contributed by atoms with Gasteiger partial charge in [-0.15, -0.1) is 6.58 Å². The fourth-order valence-electron chi connectivity index (χ4n) is 4.93. The molecule has 1 amide bonds. The second-order valence-electron chi connectivity index (χ2n) is 8.90. The van der Waals surface area contributed by atoms with Gasteiger partial charge in [-0.05, 0) is 60.2 Å². The van der Waals surface area contributed by atoms with Crippen molar-refractivity contribution in [3.05, 3.63) is 128 Å². The van der Waals surface area contributed by atoms with Crippen LogP contribution >= 0.6 is 0 Å². The fraction of sp³-hybridized carbons (Fsp3) is 0.207. The van der Waals surface area contributed by atoms with Crippen molar-refractivity contribution in [2.24, 2.45) is 0 Å². The van der Waals surface area contributed by atoms with Crippen LogP contribution in [0.3, 0.4) is 0 Å². The van der Waals surface area contributed by atoms with E-state index in [2.05, 4.69) is 24.0 Å². The summed E-state index contributed by atoms with van der Waals surface area (Å²) in [5.41, 5.74) is 4.09. The van der Waals surface area contributed by atoms with Crippen molar-refractivity contribution in [3.8, 4) is 0 Å². The Balaban J connectivity index is 1.39. The number of carbonyl (C=O) groups excluding carboxylic acids is 1. The summed E-state index contributed by atoms with van der Waals surface area (Å²) in [6.07, 6.45) is 4.63. The average Bonchev–Trinajstić information content (AvgIpc) is 2.89. The van der Waals surface area contributed by atoms with Crippen molar-refractivity contribution in [2.45, 2.75) is 38.4 Å². The molecule has 0 spiro atoms. The molecule has 5 rings (SSSR count). The summed E-state index contributed by atoms with van der Waals surface area (Å²) in [6, 6.07) is 22.8. The van der Waals surface area contributed by atoms with Crippen molar-refractivity contribution in [3.63, 3.8) is 0 Å². The maximum absolute atomic E-state index is 12.9. The molecule has 0 saturated carbocycles. The monoisotopic (exact) mass is 465 g/mol. The molecule has 6 heteroatoms. The summed E-state index contributed by atoms with van der Waals surface area (Å²) in [6.45, 7) is 4.20. The predicted molar refractivity (Wildman–Crippen MR) is 138 cm³/mol. The maximum Gasteiger partial charge on any atom is 0.317 e.